The maximum Gasteiger partial charge on any atom is 0.269 e. The Bertz CT molecular complexity index is 709. The molecule has 0 N–H and O–H groups in total. The lowest BCUT2D eigenvalue weighted by Gasteiger charge is -2.24. The van der Waals surface area contributed by atoms with E-state index >= 15 is 0 Å². The molecule has 0 bridgehead atoms. The Morgan fingerprint density at radius 2 is 1.52 bits per heavy atom. The highest BCUT2D eigenvalue weighted by atomic mass is 16.6. The van der Waals surface area contributed by atoms with Gasteiger partial charge in [-0.05, 0) is 55.7 Å². The molecule has 2 rings (SSSR count). The maximum atomic E-state index is 10.6. The fraction of sp³-hybridized carbons (Fsp3) is 0.368. The molecule has 0 spiro atoms. The average Bonchev–Trinajstić information content (AvgIpc) is 2.61. The fourth-order valence-electron chi connectivity index (χ4n) is 2.37. The molecule has 0 unspecified atom stereocenters. The van der Waals surface area contributed by atoms with Crippen LogP contribution in [0.1, 0.15) is 27.2 Å². The second-order valence-corrected chi connectivity index (χ2v) is 6.25. The number of nitrogens with zero attached hydrogens (tertiary/aromatic N) is 4. The Kier molecular flexibility index (Phi) is 6.62. The number of nitro groups is 1. The molecule has 132 valence electrons. The number of nitro benzene ring substituents is 1. The Labute approximate surface area is 148 Å². The molecule has 0 amide bonds. The Hall–Kier alpha value is -2.76. The van der Waals surface area contributed by atoms with Gasteiger partial charge in [0.15, 0.2) is 0 Å². The molecule has 0 fully saturated rings. The van der Waals surface area contributed by atoms with E-state index in [4.69, 9.17) is 0 Å². The third-order valence-corrected chi connectivity index (χ3v) is 3.91. The van der Waals surface area contributed by atoms with E-state index in [1.165, 1.54) is 17.8 Å². The van der Waals surface area contributed by atoms with Gasteiger partial charge in [0.2, 0.25) is 0 Å². The van der Waals surface area contributed by atoms with Crippen molar-refractivity contribution in [3.8, 4) is 0 Å². The molecule has 0 radical (unpaired) electrons. The molecule has 0 aliphatic heterocycles. The Balaban J connectivity index is 2.02. The lowest BCUT2D eigenvalue weighted by atomic mass is 10.1. The summed E-state index contributed by atoms with van der Waals surface area (Å²) >= 11 is 0. The monoisotopic (exact) mass is 340 g/mol. The first-order chi connectivity index (χ1) is 12.0. The smallest absolute Gasteiger partial charge is 0.269 e. The fourth-order valence-corrected chi connectivity index (χ4v) is 2.37. The van der Waals surface area contributed by atoms with Crippen LogP contribution in [0.4, 0.5) is 22.7 Å². The third-order valence-electron chi connectivity index (χ3n) is 3.91. The molecule has 6 heteroatoms. The Morgan fingerprint density at radius 3 is 1.96 bits per heavy atom. The predicted octanol–water partition coefficient (Wildman–Crippen LogP) is 5.88. The van der Waals surface area contributed by atoms with Crippen LogP contribution in [0.5, 0.6) is 0 Å². The second kappa shape index (κ2) is 8.92. The van der Waals surface area contributed by atoms with Crippen LogP contribution in [0.2, 0.25) is 0 Å². The van der Waals surface area contributed by atoms with E-state index in [2.05, 4.69) is 35.9 Å². The summed E-state index contributed by atoms with van der Waals surface area (Å²) < 4.78 is 0. The van der Waals surface area contributed by atoms with Crippen LogP contribution in [0, 0.1) is 16.0 Å². The van der Waals surface area contributed by atoms with E-state index in [0.717, 1.165) is 25.2 Å². The van der Waals surface area contributed by atoms with Crippen molar-refractivity contribution >= 4 is 22.7 Å². The molecule has 2 aromatic carbocycles. The minimum absolute atomic E-state index is 0.0457. The SMILES string of the molecule is CCN(CCC(C)C)c1ccc(/N=N/c2ccc([N+](=O)[O-])cc2)cc1. The second-order valence-electron chi connectivity index (χ2n) is 6.25. The number of azo groups is 1. The summed E-state index contributed by atoms with van der Waals surface area (Å²) in [5.41, 5.74) is 2.56. The number of rotatable bonds is 8. The number of benzene rings is 2. The summed E-state index contributed by atoms with van der Waals surface area (Å²) in [6.07, 6.45) is 1.16. The van der Waals surface area contributed by atoms with Gasteiger partial charge in [0.25, 0.3) is 5.69 Å². The zero-order valence-electron chi connectivity index (χ0n) is 14.9. The largest absolute Gasteiger partial charge is 0.372 e. The van der Waals surface area contributed by atoms with Gasteiger partial charge in [0, 0.05) is 30.9 Å². The molecule has 6 nitrogen and oxygen atoms in total. The molecule has 0 atom stereocenters. The van der Waals surface area contributed by atoms with Gasteiger partial charge in [-0.25, -0.2) is 0 Å². The van der Waals surface area contributed by atoms with Crippen LogP contribution in [0.15, 0.2) is 58.8 Å². The van der Waals surface area contributed by atoms with E-state index in [1.807, 2.05) is 24.3 Å². The van der Waals surface area contributed by atoms with Crippen LogP contribution < -0.4 is 4.90 Å². The molecule has 0 saturated heterocycles. The molecule has 0 aromatic heterocycles. The molecule has 0 heterocycles. The van der Waals surface area contributed by atoms with Crippen molar-refractivity contribution < 1.29 is 4.92 Å². The van der Waals surface area contributed by atoms with Gasteiger partial charge in [-0.2, -0.15) is 10.2 Å². The van der Waals surface area contributed by atoms with E-state index in [-0.39, 0.29) is 5.69 Å². The summed E-state index contributed by atoms with van der Waals surface area (Å²) in [6, 6.07) is 14.0. The van der Waals surface area contributed by atoms with E-state index in [0.29, 0.717) is 11.6 Å². The van der Waals surface area contributed by atoms with Gasteiger partial charge in [-0.15, -0.1) is 0 Å². The van der Waals surface area contributed by atoms with E-state index in [9.17, 15) is 10.1 Å². The van der Waals surface area contributed by atoms with Gasteiger partial charge in [0.1, 0.15) is 0 Å². The molecule has 25 heavy (non-hydrogen) atoms. The molecular weight excluding hydrogens is 316 g/mol. The van der Waals surface area contributed by atoms with Crippen LogP contribution >= 0.6 is 0 Å². The van der Waals surface area contributed by atoms with Gasteiger partial charge in [-0.1, -0.05) is 13.8 Å². The predicted molar refractivity (Wildman–Crippen MR) is 101 cm³/mol. The van der Waals surface area contributed by atoms with Crippen molar-refractivity contribution in [3.63, 3.8) is 0 Å². The van der Waals surface area contributed by atoms with Gasteiger partial charge in [-0.3, -0.25) is 10.1 Å². The van der Waals surface area contributed by atoms with Crippen molar-refractivity contribution in [2.24, 2.45) is 16.1 Å². The van der Waals surface area contributed by atoms with Crippen molar-refractivity contribution in [2.45, 2.75) is 27.2 Å². The zero-order valence-corrected chi connectivity index (χ0v) is 14.9. The van der Waals surface area contributed by atoms with Crippen LogP contribution in [-0.2, 0) is 0 Å². The summed E-state index contributed by atoms with van der Waals surface area (Å²) in [5.74, 6) is 0.684. The number of hydrogen-bond donors (Lipinski definition) is 0. The van der Waals surface area contributed by atoms with Crippen LogP contribution in [0.25, 0.3) is 0 Å². The van der Waals surface area contributed by atoms with Crippen molar-refractivity contribution in [3.05, 3.63) is 58.6 Å². The summed E-state index contributed by atoms with van der Waals surface area (Å²) in [6.45, 7) is 8.63. The zero-order chi connectivity index (χ0) is 18.2. The molecule has 0 aliphatic carbocycles. The van der Waals surface area contributed by atoms with Crippen molar-refractivity contribution in [2.75, 3.05) is 18.0 Å². The lowest BCUT2D eigenvalue weighted by molar-refractivity contribution is -0.384. The first-order valence-electron chi connectivity index (χ1n) is 8.50. The summed E-state index contributed by atoms with van der Waals surface area (Å²) in [7, 11) is 0. The summed E-state index contributed by atoms with van der Waals surface area (Å²) in [4.78, 5) is 12.5. The molecule has 2 aromatic rings. The van der Waals surface area contributed by atoms with Gasteiger partial charge < -0.3 is 4.90 Å². The average molecular weight is 340 g/mol. The highest BCUT2D eigenvalue weighted by Crippen LogP contribution is 2.24. The van der Waals surface area contributed by atoms with Crippen molar-refractivity contribution in [1.29, 1.82) is 0 Å². The third kappa shape index (κ3) is 5.67. The van der Waals surface area contributed by atoms with Gasteiger partial charge >= 0.3 is 0 Å². The Morgan fingerprint density at radius 1 is 1.00 bits per heavy atom. The maximum absolute atomic E-state index is 10.6. The molecule has 0 aliphatic rings. The van der Waals surface area contributed by atoms with Crippen molar-refractivity contribution in [1.82, 2.24) is 0 Å². The minimum Gasteiger partial charge on any atom is -0.372 e. The number of hydrogen-bond acceptors (Lipinski definition) is 5. The first-order valence-corrected chi connectivity index (χ1v) is 8.50. The molecular formula is C19H24N4O2. The number of non-ortho nitro benzene ring substituents is 1. The lowest BCUT2D eigenvalue weighted by Crippen LogP contribution is -2.24. The summed E-state index contributed by atoms with van der Waals surface area (Å²) in [5, 5.41) is 18.9. The van der Waals surface area contributed by atoms with E-state index < -0.39 is 4.92 Å². The normalized spacial score (nSPS) is 11.2. The quantitative estimate of drug-likeness (QED) is 0.342. The molecule has 0 saturated carbocycles. The number of anilines is 1. The minimum atomic E-state index is -0.432. The standard InChI is InChI=1S/C19H24N4O2/c1-4-22(14-13-15(2)3)18-9-5-16(6-10-18)20-21-17-7-11-19(12-8-17)23(24)25/h5-12,15H,4,13-14H2,1-3H3/b21-20+. The van der Waals surface area contributed by atoms with E-state index in [1.54, 1.807) is 12.1 Å². The topological polar surface area (TPSA) is 71.1 Å². The van der Waals surface area contributed by atoms with Gasteiger partial charge in [0.05, 0.1) is 16.3 Å². The van der Waals surface area contributed by atoms with Crippen LogP contribution in [-0.4, -0.2) is 18.0 Å². The van der Waals surface area contributed by atoms with Crippen LogP contribution in [0.3, 0.4) is 0 Å². The highest BCUT2D eigenvalue weighted by molar-refractivity contribution is 5.53. The highest BCUT2D eigenvalue weighted by Gasteiger charge is 2.06. The first kappa shape index (κ1) is 18.6.